The second kappa shape index (κ2) is 6.30. The lowest BCUT2D eigenvalue weighted by Gasteiger charge is -1.94. The molecule has 0 amide bonds. The molecule has 0 aliphatic carbocycles. The molecule has 0 aliphatic rings. The van der Waals surface area contributed by atoms with Gasteiger partial charge in [-0.25, -0.2) is 4.98 Å². The Kier molecular flexibility index (Phi) is 4.48. The first-order chi connectivity index (χ1) is 9.16. The minimum absolute atomic E-state index is 0.545. The van der Waals surface area contributed by atoms with Gasteiger partial charge in [0, 0.05) is 17.8 Å². The van der Waals surface area contributed by atoms with Gasteiger partial charge >= 0.3 is 0 Å². The molecule has 0 unspecified atom stereocenters. The standard InChI is InChI=1S/C9H6ClN.C7H9N/c10-9-6-5-7-3-1-2-4-8(7)11-9;1-6-3-4-8-5-7(6)2/h1-6H;3-5H,1-2H3. The third kappa shape index (κ3) is 3.76. The van der Waals surface area contributed by atoms with Gasteiger partial charge in [0.1, 0.15) is 5.15 Å². The first-order valence-electron chi connectivity index (χ1n) is 6.05. The molecule has 0 saturated heterocycles. The van der Waals surface area contributed by atoms with E-state index in [0.29, 0.717) is 5.15 Å². The summed E-state index contributed by atoms with van der Waals surface area (Å²) in [5, 5.41) is 1.67. The molecule has 0 bridgehead atoms. The van der Waals surface area contributed by atoms with Crippen LogP contribution in [0.4, 0.5) is 0 Å². The number of benzene rings is 1. The van der Waals surface area contributed by atoms with Crippen LogP contribution in [0.2, 0.25) is 5.15 Å². The Labute approximate surface area is 118 Å². The van der Waals surface area contributed by atoms with Crippen molar-refractivity contribution in [2.75, 3.05) is 0 Å². The number of halogens is 1. The molecule has 0 N–H and O–H groups in total. The second-order valence-electron chi connectivity index (χ2n) is 4.29. The van der Waals surface area contributed by atoms with Crippen LogP contribution in [0.5, 0.6) is 0 Å². The lowest BCUT2D eigenvalue weighted by Crippen LogP contribution is -1.78. The summed E-state index contributed by atoms with van der Waals surface area (Å²) in [6, 6.07) is 13.7. The fourth-order valence-electron chi connectivity index (χ4n) is 1.58. The number of para-hydroxylation sites is 1. The van der Waals surface area contributed by atoms with E-state index >= 15 is 0 Å². The normalized spacial score (nSPS) is 9.84. The number of hydrogen-bond donors (Lipinski definition) is 0. The van der Waals surface area contributed by atoms with Crippen molar-refractivity contribution in [1.82, 2.24) is 9.97 Å². The highest BCUT2D eigenvalue weighted by Crippen LogP contribution is 2.13. The summed E-state index contributed by atoms with van der Waals surface area (Å²) in [5.41, 5.74) is 3.51. The number of aryl methyl sites for hydroxylation is 2. The molecular formula is C16H15ClN2. The third-order valence-corrected chi connectivity index (χ3v) is 3.08. The highest BCUT2D eigenvalue weighted by molar-refractivity contribution is 6.29. The Morgan fingerprint density at radius 1 is 0.895 bits per heavy atom. The molecule has 0 atom stereocenters. The van der Waals surface area contributed by atoms with Crippen LogP contribution in [-0.4, -0.2) is 9.97 Å². The smallest absolute Gasteiger partial charge is 0.129 e. The number of aromatic nitrogens is 2. The summed E-state index contributed by atoms with van der Waals surface area (Å²) >= 11 is 5.71. The second-order valence-corrected chi connectivity index (χ2v) is 4.67. The Morgan fingerprint density at radius 3 is 2.37 bits per heavy atom. The van der Waals surface area contributed by atoms with Crippen molar-refractivity contribution in [3.63, 3.8) is 0 Å². The topological polar surface area (TPSA) is 25.8 Å². The van der Waals surface area contributed by atoms with E-state index in [1.165, 1.54) is 11.1 Å². The molecule has 0 spiro atoms. The molecule has 0 saturated carbocycles. The van der Waals surface area contributed by atoms with E-state index in [1.54, 1.807) is 6.07 Å². The van der Waals surface area contributed by atoms with Crippen LogP contribution in [-0.2, 0) is 0 Å². The number of fused-ring (bicyclic) bond motifs is 1. The van der Waals surface area contributed by atoms with E-state index in [-0.39, 0.29) is 0 Å². The van der Waals surface area contributed by atoms with Crippen molar-refractivity contribution in [1.29, 1.82) is 0 Å². The Balaban J connectivity index is 0.000000148. The SMILES string of the molecule is Cc1ccncc1C.Clc1ccc2ccccc2n1. The highest BCUT2D eigenvalue weighted by Gasteiger charge is 1.92. The van der Waals surface area contributed by atoms with Crippen LogP contribution in [0.25, 0.3) is 10.9 Å². The van der Waals surface area contributed by atoms with Crippen LogP contribution in [0, 0.1) is 13.8 Å². The van der Waals surface area contributed by atoms with Crippen molar-refractivity contribution < 1.29 is 0 Å². The first-order valence-corrected chi connectivity index (χ1v) is 6.43. The minimum Gasteiger partial charge on any atom is -0.264 e. The zero-order valence-corrected chi connectivity index (χ0v) is 11.7. The maximum atomic E-state index is 5.71. The van der Waals surface area contributed by atoms with Crippen LogP contribution >= 0.6 is 11.6 Å². The number of hydrogen-bond acceptors (Lipinski definition) is 2. The van der Waals surface area contributed by atoms with E-state index in [2.05, 4.69) is 23.8 Å². The van der Waals surface area contributed by atoms with Gasteiger partial charge in [0.25, 0.3) is 0 Å². The van der Waals surface area contributed by atoms with Crippen molar-refractivity contribution in [3.05, 3.63) is 71.1 Å². The molecule has 0 fully saturated rings. The van der Waals surface area contributed by atoms with Gasteiger partial charge in [-0.2, -0.15) is 0 Å². The molecule has 2 heterocycles. The Morgan fingerprint density at radius 2 is 1.68 bits per heavy atom. The summed E-state index contributed by atoms with van der Waals surface area (Å²) in [7, 11) is 0. The summed E-state index contributed by atoms with van der Waals surface area (Å²) in [6.45, 7) is 4.14. The monoisotopic (exact) mass is 270 g/mol. The fourth-order valence-corrected chi connectivity index (χ4v) is 1.74. The quantitative estimate of drug-likeness (QED) is 0.559. The molecule has 0 aliphatic heterocycles. The van der Waals surface area contributed by atoms with Gasteiger partial charge in [0.15, 0.2) is 0 Å². The predicted octanol–water partition coefficient (Wildman–Crippen LogP) is 4.59. The zero-order valence-electron chi connectivity index (χ0n) is 11.0. The molecule has 3 rings (SSSR count). The van der Waals surface area contributed by atoms with Crippen molar-refractivity contribution in [2.24, 2.45) is 0 Å². The lowest BCUT2D eigenvalue weighted by atomic mass is 10.2. The number of nitrogens with zero attached hydrogens (tertiary/aromatic N) is 2. The zero-order chi connectivity index (χ0) is 13.7. The predicted molar refractivity (Wildman–Crippen MR) is 80.5 cm³/mol. The molecule has 2 aromatic heterocycles. The minimum atomic E-state index is 0.545. The van der Waals surface area contributed by atoms with Crippen molar-refractivity contribution in [2.45, 2.75) is 13.8 Å². The maximum absolute atomic E-state index is 5.71. The van der Waals surface area contributed by atoms with Gasteiger partial charge < -0.3 is 0 Å². The van der Waals surface area contributed by atoms with Gasteiger partial charge in [-0.05, 0) is 49.2 Å². The van der Waals surface area contributed by atoms with Gasteiger partial charge in [-0.3, -0.25) is 4.98 Å². The maximum Gasteiger partial charge on any atom is 0.129 e. The summed E-state index contributed by atoms with van der Waals surface area (Å²) < 4.78 is 0. The van der Waals surface area contributed by atoms with Gasteiger partial charge in [-0.1, -0.05) is 29.8 Å². The molecule has 2 nitrogen and oxygen atoms in total. The van der Waals surface area contributed by atoms with Crippen LogP contribution in [0.1, 0.15) is 11.1 Å². The average molecular weight is 271 g/mol. The first kappa shape index (κ1) is 13.5. The Hall–Kier alpha value is -1.93. The van der Waals surface area contributed by atoms with E-state index < -0.39 is 0 Å². The molecule has 1 aromatic carbocycles. The number of pyridine rings is 2. The molecule has 0 radical (unpaired) electrons. The van der Waals surface area contributed by atoms with Gasteiger partial charge in [-0.15, -0.1) is 0 Å². The van der Waals surface area contributed by atoms with E-state index in [4.69, 9.17) is 11.6 Å². The Bertz CT molecular complexity index is 659. The summed E-state index contributed by atoms with van der Waals surface area (Å²) in [6.07, 6.45) is 3.68. The van der Waals surface area contributed by atoms with Gasteiger partial charge in [0.2, 0.25) is 0 Å². The van der Waals surface area contributed by atoms with Crippen molar-refractivity contribution in [3.8, 4) is 0 Å². The van der Waals surface area contributed by atoms with E-state index in [1.807, 2.05) is 48.8 Å². The van der Waals surface area contributed by atoms with Crippen LogP contribution < -0.4 is 0 Å². The molecular weight excluding hydrogens is 256 g/mol. The third-order valence-electron chi connectivity index (χ3n) is 2.87. The molecule has 3 aromatic rings. The summed E-state index contributed by atoms with van der Waals surface area (Å²) in [5.74, 6) is 0. The van der Waals surface area contributed by atoms with Crippen LogP contribution in [0.15, 0.2) is 54.9 Å². The molecule has 19 heavy (non-hydrogen) atoms. The average Bonchev–Trinajstić information content (AvgIpc) is 2.43. The largest absolute Gasteiger partial charge is 0.264 e. The van der Waals surface area contributed by atoms with E-state index in [0.717, 1.165) is 10.9 Å². The highest BCUT2D eigenvalue weighted by atomic mass is 35.5. The van der Waals surface area contributed by atoms with Crippen LogP contribution in [0.3, 0.4) is 0 Å². The lowest BCUT2D eigenvalue weighted by molar-refractivity contribution is 1.22. The van der Waals surface area contributed by atoms with Gasteiger partial charge in [0.05, 0.1) is 5.52 Å². The number of rotatable bonds is 0. The summed E-state index contributed by atoms with van der Waals surface area (Å²) in [4.78, 5) is 8.09. The van der Waals surface area contributed by atoms with E-state index in [9.17, 15) is 0 Å². The van der Waals surface area contributed by atoms with Crippen molar-refractivity contribution >= 4 is 22.5 Å². The molecule has 3 heteroatoms. The fraction of sp³-hybridized carbons (Fsp3) is 0.125. The molecule has 96 valence electrons.